The van der Waals surface area contributed by atoms with Gasteiger partial charge in [-0.15, -0.1) is 0 Å². The molecule has 1 aliphatic heterocycles. The Morgan fingerprint density at radius 3 is 2.75 bits per heavy atom. The summed E-state index contributed by atoms with van der Waals surface area (Å²) in [6.07, 6.45) is 0.612. The third-order valence-electron chi connectivity index (χ3n) is 4.35. The lowest BCUT2D eigenvalue weighted by Gasteiger charge is -2.21. The zero-order valence-electron chi connectivity index (χ0n) is 16.3. The predicted molar refractivity (Wildman–Crippen MR) is 106 cm³/mol. The first-order valence-electron chi connectivity index (χ1n) is 9.31. The average molecular weight is 387 g/mol. The summed E-state index contributed by atoms with van der Waals surface area (Å²) in [5.41, 5.74) is 2.77. The van der Waals surface area contributed by atoms with E-state index in [0.29, 0.717) is 38.7 Å². The van der Waals surface area contributed by atoms with E-state index in [4.69, 9.17) is 14.2 Å². The van der Waals surface area contributed by atoms with Crippen LogP contribution in [0.25, 0.3) is 0 Å². The maximum atomic E-state index is 13.8. The molecule has 150 valence electrons. The number of rotatable bonds is 7. The molecule has 1 aliphatic rings. The lowest BCUT2D eigenvalue weighted by Crippen LogP contribution is -2.40. The number of halogens is 1. The Hall–Kier alpha value is -2.80. The number of nitrogens with one attached hydrogen (secondary N) is 2. The molecular formula is C21H26FN3O3. The normalized spacial score (nSPS) is 13.5. The van der Waals surface area contributed by atoms with Gasteiger partial charge in [0.15, 0.2) is 12.8 Å². The van der Waals surface area contributed by atoms with Gasteiger partial charge < -0.3 is 24.8 Å². The van der Waals surface area contributed by atoms with Crippen molar-refractivity contribution in [2.24, 2.45) is 4.99 Å². The molecule has 2 N–H and O–H groups in total. The van der Waals surface area contributed by atoms with Crippen molar-refractivity contribution in [3.05, 3.63) is 58.9 Å². The van der Waals surface area contributed by atoms with Gasteiger partial charge in [-0.25, -0.2) is 4.39 Å². The Morgan fingerprint density at radius 1 is 1.18 bits per heavy atom. The van der Waals surface area contributed by atoms with Crippen LogP contribution in [0.3, 0.4) is 0 Å². The Bertz CT molecular complexity index is 809. The molecule has 6 nitrogen and oxygen atoms in total. The topological polar surface area (TPSA) is 64.1 Å². The second kappa shape index (κ2) is 9.94. The first-order valence-corrected chi connectivity index (χ1v) is 9.31. The van der Waals surface area contributed by atoms with Crippen molar-refractivity contribution in [2.45, 2.75) is 20.0 Å². The Labute approximate surface area is 164 Å². The van der Waals surface area contributed by atoms with Gasteiger partial charge in [-0.3, -0.25) is 4.99 Å². The van der Waals surface area contributed by atoms with Gasteiger partial charge >= 0.3 is 0 Å². The molecular weight excluding hydrogens is 361 g/mol. The average Bonchev–Trinajstić information content (AvgIpc) is 2.71. The Kier molecular flexibility index (Phi) is 7.08. The van der Waals surface area contributed by atoms with Gasteiger partial charge in [-0.2, -0.15) is 0 Å². The van der Waals surface area contributed by atoms with Crippen molar-refractivity contribution in [3.8, 4) is 11.5 Å². The third-order valence-corrected chi connectivity index (χ3v) is 4.35. The minimum atomic E-state index is -0.279. The van der Waals surface area contributed by atoms with Crippen molar-refractivity contribution in [3.63, 3.8) is 0 Å². The molecule has 0 spiro atoms. The summed E-state index contributed by atoms with van der Waals surface area (Å²) in [7, 11) is 1.71. The van der Waals surface area contributed by atoms with E-state index in [2.05, 4.69) is 15.6 Å². The van der Waals surface area contributed by atoms with Crippen molar-refractivity contribution in [2.75, 3.05) is 33.5 Å². The Morgan fingerprint density at radius 2 is 1.96 bits per heavy atom. The van der Waals surface area contributed by atoms with Crippen molar-refractivity contribution < 1.29 is 18.6 Å². The molecule has 0 radical (unpaired) electrons. The highest BCUT2D eigenvalue weighted by molar-refractivity contribution is 5.79. The number of guanidine groups is 1. The van der Waals surface area contributed by atoms with Gasteiger partial charge in [0.1, 0.15) is 23.9 Å². The molecule has 7 heteroatoms. The molecule has 0 aliphatic carbocycles. The van der Waals surface area contributed by atoms with Crippen molar-refractivity contribution in [1.82, 2.24) is 10.6 Å². The summed E-state index contributed by atoms with van der Waals surface area (Å²) in [6, 6.07) is 10.9. The molecule has 0 unspecified atom stereocenters. The van der Waals surface area contributed by atoms with Crippen LogP contribution in [0.5, 0.6) is 11.5 Å². The van der Waals surface area contributed by atoms with Crippen LogP contribution in [0.4, 0.5) is 4.39 Å². The molecule has 0 aromatic heterocycles. The van der Waals surface area contributed by atoms with E-state index in [0.717, 1.165) is 22.6 Å². The number of aryl methyl sites for hydroxylation is 1. The van der Waals surface area contributed by atoms with Gasteiger partial charge in [0.2, 0.25) is 0 Å². The minimum absolute atomic E-state index is 0.198. The fraction of sp³-hybridized carbons (Fsp3) is 0.381. The number of fused-ring (bicyclic) bond motifs is 1. The van der Waals surface area contributed by atoms with Crippen molar-refractivity contribution >= 4 is 5.96 Å². The summed E-state index contributed by atoms with van der Waals surface area (Å²) in [5, 5.41) is 6.42. The highest BCUT2D eigenvalue weighted by atomic mass is 19.1. The summed E-state index contributed by atoms with van der Waals surface area (Å²) >= 11 is 0. The van der Waals surface area contributed by atoms with Crippen LogP contribution < -0.4 is 20.1 Å². The predicted octanol–water partition coefficient (Wildman–Crippen LogP) is 2.79. The van der Waals surface area contributed by atoms with Gasteiger partial charge in [-0.1, -0.05) is 17.7 Å². The number of nitrogens with zero attached hydrogens (tertiary/aromatic N) is 1. The highest BCUT2D eigenvalue weighted by Crippen LogP contribution is 2.29. The fourth-order valence-electron chi connectivity index (χ4n) is 2.95. The molecule has 2 aromatic carbocycles. The van der Waals surface area contributed by atoms with Crippen LogP contribution in [-0.4, -0.2) is 39.5 Å². The second-order valence-corrected chi connectivity index (χ2v) is 6.50. The lowest BCUT2D eigenvalue weighted by molar-refractivity contribution is -0.0172. The van der Waals surface area contributed by atoms with Crippen LogP contribution in [0.1, 0.15) is 16.7 Å². The fourth-order valence-corrected chi connectivity index (χ4v) is 2.95. The quantitative estimate of drug-likeness (QED) is 0.435. The molecule has 28 heavy (non-hydrogen) atoms. The maximum absolute atomic E-state index is 13.8. The molecule has 0 fully saturated rings. The standard InChI is InChI=1S/C21H26FN3O3/c1-15-3-5-19(6-4-15)27-10-9-25-21(23-2)24-8-7-16-11-18(22)12-17-13-26-14-28-20(16)17/h3-6,11-12H,7-10,13-14H2,1-2H3,(H2,23,24,25). The molecule has 3 rings (SSSR count). The number of aliphatic imine (C=N–C) groups is 1. The zero-order valence-corrected chi connectivity index (χ0v) is 16.3. The first-order chi connectivity index (χ1) is 13.7. The van der Waals surface area contributed by atoms with E-state index < -0.39 is 0 Å². The van der Waals surface area contributed by atoms with Gasteiger partial charge in [0.05, 0.1) is 13.2 Å². The molecule has 2 aromatic rings. The zero-order chi connectivity index (χ0) is 19.8. The van der Waals surface area contributed by atoms with E-state index in [1.54, 1.807) is 7.05 Å². The SMILES string of the molecule is CN=C(NCCOc1ccc(C)cc1)NCCc1cc(F)cc2c1OCOC2. The van der Waals surface area contributed by atoms with Crippen LogP contribution >= 0.6 is 0 Å². The summed E-state index contributed by atoms with van der Waals surface area (Å²) < 4.78 is 30.2. The summed E-state index contributed by atoms with van der Waals surface area (Å²) in [4.78, 5) is 4.19. The number of ether oxygens (including phenoxy) is 3. The first kappa shape index (κ1) is 19.9. The van der Waals surface area contributed by atoms with E-state index in [1.807, 2.05) is 31.2 Å². The molecule has 1 heterocycles. The van der Waals surface area contributed by atoms with Crippen LogP contribution in [0.2, 0.25) is 0 Å². The largest absolute Gasteiger partial charge is 0.492 e. The molecule has 0 saturated carbocycles. The molecule has 0 amide bonds. The lowest BCUT2D eigenvalue weighted by atomic mass is 10.1. The second-order valence-electron chi connectivity index (χ2n) is 6.50. The summed E-state index contributed by atoms with van der Waals surface area (Å²) in [6.45, 7) is 4.35. The van der Waals surface area contributed by atoms with Crippen LogP contribution in [0.15, 0.2) is 41.4 Å². The van der Waals surface area contributed by atoms with Crippen molar-refractivity contribution in [1.29, 1.82) is 0 Å². The monoisotopic (exact) mass is 387 g/mol. The number of hydrogen-bond donors (Lipinski definition) is 2. The molecule has 0 atom stereocenters. The van der Waals surface area contributed by atoms with E-state index >= 15 is 0 Å². The van der Waals surface area contributed by atoms with Crippen LogP contribution in [0, 0.1) is 12.7 Å². The van der Waals surface area contributed by atoms with E-state index in [9.17, 15) is 4.39 Å². The summed E-state index contributed by atoms with van der Waals surface area (Å²) in [5.74, 6) is 1.96. The molecule has 0 saturated heterocycles. The Balaban J connectivity index is 1.42. The van der Waals surface area contributed by atoms with E-state index in [1.165, 1.54) is 17.7 Å². The maximum Gasteiger partial charge on any atom is 0.191 e. The minimum Gasteiger partial charge on any atom is -0.492 e. The smallest absolute Gasteiger partial charge is 0.191 e. The van der Waals surface area contributed by atoms with E-state index in [-0.39, 0.29) is 12.6 Å². The third kappa shape index (κ3) is 5.60. The highest BCUT2D eigenvalue weighted by Gasteiger charge is 2.16. The van der Waals surface area contributed by atoms with Crippen LogP contribution in [-0.2, 0) is 17.8 Å². The van der Waals surface area contributed by atoms with Gasteiger partial charge in [0.25, 0.3) is 0 Å². The van der Waals surface area contributed by atoms with Gasteiger partial charge in [-0.05, 0) is 43.2 Å². The number of hydrogen-bond acceptors (Lipinski definition) is 4. The number of benzene rings is 2. The van der Waals surface area contributed by atoms with Gasteiger partial charge in [0, 0.05) is 19.2 Å². The molecule has 0 bridgehead atoms.